The van der Waals surface area contributed by atoms with Gasteiger partial charge in [-0.15, -0.1) is 0 Å². The van der Waals surface area contributed by atoms with Gasteiger partial charge < -0.3 is 14.5 Å². The number of hydrogen-bond acceptors (Lipinski definition) is 5. The van der Waals surface area contributed by atoms with Crippen molar-refractivity contribution >= 4 is 33.0 Å². The van der Waals surface area contributed by atoms with Crippen LogP contribution < -0.4 is 10.1 Å². The first-order valence-corrected chi connectivity index (χ1v) is 9.91. The van der Waals surface area contributed by atoms with Gasteiger partial charge in [0, 0.05) is 5.02 Å². The van der Waals surface area contributed by atoms with E-state index in [0.717, 1.165) is 0 Å². The third-order valence-electron chi connectivity index (χ3n) is 3.63. The molecule has 27 heavy (non-hydrogen) atoms. The topological polar surface area (TPSA) is 85.6 Å². The van der Waals surface area contributed by atoms with Crippen molar-refractivity contribution in [2.24, 2.45) is 0 Å². The number of halogens is 1. The number of furan rings is 1. The minimum atomic E-state index is -3.89. The average molecular weight is 406 g/mol. The number of anilines is 1. The van der Waals surface area contributed by atoms with Crippen LogP contribution >= 0.6 is 11.6 Å². The largest absolute Gasteiger partial charge is 0.492 e. The smallest absolute Gasteiger partial charge is 0.291 e. The van der Waals surface area contributed by atoms with E-state index in [1.54, 1.807) is 24.3 Å². The molecular formula is C19H16ClNO5S. The van der Waals surface area contributed by atoms with Gasteiger partial charge in [-0.1, -0.05) is 23.7 Å². The molecule has 0 saturated carbocycles. The van der Waals surface area contributed by atoms with Gasteiger partial charge in [-0.25, -0.2) is 8.42 Å². The van der Waals surface area contributed by atoms with Crippen molar-refractivity contribution in [1.29, 1.82) is 0 Å². The first-order valence-electron chi connectivity index (χ1n) is 8.05. The fraction of sp³-hybridized carbons (Fsp3) is 0.105. The molecule has 0 aliphatic heterocycles. The van der Waals surface area contributed by atoms with Crippen LogP contribution in [0, 0.1) is 0 Å². The van der Waals surface area contributed by atoms with Gasteiger partial charge in [0.25, 0.3) is 5.91 Å². The number of para-hydroxylation sites is 2. The third kappa shape index (κ3) is 4.15. The Hall–Kier alpha value is -2.77. The zero-order valence-corrected chi connectivity index (χ0v) is 15.9. The molecule has 0 atom stereocenters. The summed E-state index contributed by atoms with van der Waals surface area (Å²) in [6, 6.07) is 15.2. The van der Waals surface area contributed by atoms with E-state index in [1.807, 2.05) is 6.92 Å². The number of carbonyl (C=O) groups excluding carboxylic acids is 1. The van der Waals surface area contributed by atoms with Crippen molar-refractivity contribution in [1.82, 2.24) is 0 Å². The van der Waals surface area contributed by atoms with E-state index in [4.69, 9.17) is 20.8 Å². The lowest BCUT2D eigenvalue weighted by Crippen LogP contribution is -2.12. The molecule has 1 aromatic heterocycles. The Kier molecular flexibility index (Phi) is 5.53. The van der Waals surface area contributed by atoms with E-state index in [-0.39, 0.29) is 15.7 Å². The maximum absolute atomic E-state index is 12.6. The van der Waals surface area contributed by atoms with E-state index >= 15 is 0 Å². The fourth-order valence-corrected chi connectivity index (χ4v) is 3.65. The monoisotopic (exact) mass is 405 g/mol. The van der Waals surface area contributed by atoms with Crippen LogP contribution in [0.3, 0.4) is 0 Å². The molecule has 0 radical (unpaired) electrons. The molecule has 3 rings (SSSR count). The zero-order valence-electron chi connectivity index (χ0n) is 14.3. The standard InChI is InChI=1S/C19H16ClNO5S/c1-2-25-16-6-4-3-5-15(16)21-19(22)17-11-12-18(26-17)27(23,24)14-9-7-13(20)8-10-14/h3-12H,2H2,1H3,(H,21,22). The van der Waals surface area contributed by atoms with Gasteiger partial charge in [-0.2, -0.15) is 0 Å². The highest BCUT2D eigenvalue weighted by atomic mass is 35.5. The average Bonchev–Trinajstić information content (AvgIpc) is 3.15. The summed E-state index contributed by atoms with van der Waals surface area (Å²) >= 11 is 5.78. The van der Waals surface area contributed by atoms with E-state index < -0.39 is 15.7 Å². The first-order chi connectivity index (χ1) is 12.9. The van der Waals surface area contributed by atoms with Crippen molar-refractivity contribution in [2.45, 2.75) is 16.9 Å². The number of amides is 1. The summed E-state index contributed by atoms with van der Waals surface area (Å²) in [4.78, 5) is 12.4. The van der Waals surface area contributed by atoms with Crippen molar-refractivity contribution in [3.8, 4) is 5.75 Å². The van der Waals surface area contributed by atoms with Gasteiger partial charge in [0.2, 0.25) is 14.9 Å². The Balaban J connectivity index is 1.83. The fourth-order valence-electron chi connectivity index (χ4n) is 2.35. The second kappa shape index (κ2) is 7.85. The molecule has 2 aromatic carbocycles. The van der Waals surface area contributed by atoms with Gasteiger partial charge >= 0.3 is 0 Å². The van der Waals surface area contributed by atoms with Crippen LogP contribution in [0.4, 0.5) is 5.69 Å². The molecule has 3 aromatic rings. The number of hydrogen-bond donors (Lipinski definition) is 1. The van der Waals surface area contributed by atoms with Gasteiger partial charge in [0.15, 0.2) is 5.76 Å². The number of rotatable bonds is 6. The molecule has 1 amide bonds. The molecule has 8 heteroatoms. The third-order valence-corrected chi connectivity index (χ3v) is 5.52. The summed E-state index contributed by atoms with van der Waals surface area (Å²) in [7, 11) is -3.89. The highest BCUT2D eigenvalue weighted by Gasteiger charge is 2.24. The highest BCUT2D eigenvalue weighted by molar-refractivity contribution is 7.91. The van der Waals surface area contributed by atoms with Gasteiger partial charge in [-0.05, 0) is 55.5 Å². The van der Waals surface area contributed by atoms with Gasteiger partial charge in [0.1, 0.15) is 5.75 Å². The van der Waals surface area contributed by atoms with E-state index in [9.17, 15) is 13.2 Å². The lowest BCUT2D eigenvalue weighted by atomic mass is 10.3. The van der Waals surface area contributed by atoms with Crippen LogP contribution in [0.1, 0.15) is 17.5 Å². The molecule has 0 saturated heterocycles. The highest BCUT2D eigenvalue weighted by Crippen LogP contribution is 2.27. The second-order valence-corrected chi connectivity index (χ2v) is 7.78. The SMILES string of the molecule is CCOc1ccccc1NC(=O)c1ccc(S(=O)(=O)c2ccc(Cl)cc2)o1. The second-order valence-electron chi connectivity index (χ2n) is 5.46. The molecule has 6 nitrogen and oxygen atoms in total. The Labute approximate surface area is 161 Å². The van der Waals surface area contributed by atoms with E-state index in [0.29, 0.717) is 23.1 Å². The maximum atomic E-state index is 12.6. The summed E-state index contributed by atoms with van der Waals surface area (Å²) in [6.07, 6.45) is 0. The summed E-state index contributed by atoms with van der Waals surface area (Å²) < 4.78 is 35.9. The summed E-state index contributed by atoms with van der Waals surface area (Å²) in [6.45, 7) is 2.27. The lowest BCUT2D eigenvalue weighted by Gasteiger charge is -2.10. The quantitative estimate of drug-likeness (QED) is 0.656. The molecule has 0 spiro atoms. The van der Waals surface area contributed by atoms with Crippen molar-refractivity contribution in [3.63, 3.8) is 0 Å². The summed E-state index contributed by atoms with van der Waals surface area (Å²) in [5.41, 5.74) is 0.461. The summed E-state index contributed by atoms with van der Waals surface area (Å²) in [5, 5.41) is 2.75. The molecule has 0 fully saturated rings. The van der Waals surface area contributed by atoms with Crippen LogP contribution in [0.2, 0.25) is 5.02 Å². The van der Waals surface area contributed by atoms with E-state index in [1.165, 1.54) is 36.4 Å². The van der Waals surface area contributed by atoms with Crippen molar-refractivity contribution in [2.75, 3.05) is 11.9 Å². The minimum Gasteiger partial charge on any atom is -0.492 e. The maximum Gasteiger partial charge on any atom is 0.291 e. The Morgan fingerprint density at radius 3 is 2.48 bits per heavy atom. The minimum absolute atomic E-state index is 0.0231. The van der Waals surface area contributed by atoms with Crippen molar-refractivity contribution in [3.05, 3.63) is 71.4 Å². The van der Waals surface area contributed by atoms with Crippen LogP contribution in [0.25, 0.3) is 0 Å². The molecular weight excluding hydrogens is 390 g/mol. The number of carbonyl (C=O) groups is 1. The molecule has 0 aliphatic rings. The molecule has 0 bridgehead atoms. The molecule has 140 valence electrons. The molecule has 1 N–H and O–H groups in total. The Bertz CT molecular complexity index is 1060. The molecule has 1 heterocycles. The van der Waals surface area contributed by atoms with Crippen molar-refractivity contribution < 1.29 is 22.4 Å². The zero-order chi connectivity index (χ0) is 19.4. The molecule has 0 aliphatic carbocycles. The van der Waals surface area contributed by atoms with Gasteiger partial charge in [-0.3, -0.25) is 4.79 Å². The normalized spacial score (nSPS) is 11.2. The predicted molar refractivity (Wildman–Crippen MR) is 101 cm³/mol. The van der Waals surface area contributed by atoms with Crippen LogP contribution in [0.5, 0.6) is 5.75 Å². The van der Waals surface area contributed by atoms with Gasteiger partial charge in [0.05, 0.1) is 17.2 Å². The Morgan fingerprint density at radius 1 is 1.07 bits per heavy atom. The predicted octanol–water partition coefficient (Wildman–Crippen LogP) is 4.42. The number of ether oxygens (including phenoxy) is 1. The first kappa shape index (κ1) is 19.0. The van der Waals surface area contributed by atoms with Crippen LogP contribution in [0.15, 0.2) is 75.1 Å². The number of nitrogens with one attached hydrogen (secondary N) is 1. The van der Waals surface area contributed by atoms with E-state index in [2.05, 4.69) is 5.32 Å². The summed E-state index contributed by atoms with van der Waals surface area (Å²) in [5.74, 6) is -0.206. The van der Waals surface area contributed by atoms with Crippen LogP contribution in [-0.2, 0) is 9.84 Å². The number of benzene rings is 2. The Morgan fingerprint density at radius 2 is 1.78 bits per heavy atom. The molecule has 0 unspecified atom stereocenters. The van der Waals surface area contributed by atoms with Crippen LogP contribution in [-0.4, -0.2) is 20.9 Å². The lowest BCUT2D eigenvalue weighted by molar-refractivity contribution is 0.0991. The number of sulfone groups is 1.